The molecule has 1 aromatic carbocycles. The van der Waals surface area contributed by atoms with E-state index >= 15 is 0 Å². The van der Waals surface area contributed by atoms with Gasteiger partial charge in [0.1, 0.15) is 17.2 Å². The van der Waals surface area contributed by atoms with Crippen LogP contribution in [0, 0.1) is 5.82 Å². The highest BCUT2D eigenvalue weighted by Gasteiger charge is 2.05. The molecule has 62 valence electrons. The quantitative estimate of drug-likeness (QED) is 0.631. The molecule has 0 unspecified atom stereocenters. The van der Waals surface area contributed by atoms with Crippen molar-refractivity contribution in [1.82, 2.24) is 0 Å². The van der Waals surface area contributed by atoms with Gasteiger partial charge >= 0.3 is 0 Å². The predicted molar refractivity (Wildman–Crippen MR) is 45.6 cm³/mol. The summed E-state index contributed by atoms with van der Waals surface area (Å²) in [5.41, 5.74) is 0.631. The van der Waals surface area contributed by atoms with Gasteiger partial charge < -0.3 is 4.42 Å². The van der Waals surface area contributed by atoms with Crippen LogP contribution in [0.1, 0.15) is 12.7 Å². The Labute approximate surface area is 69.8 Å². The fourth-order valence-electron chi connectivity index (χ4n) is 1.25. The Morgan fingerprint density at radius 2 is 2.25 bits per heavy atom. The molecule has 0 N–H and O–H groups in total. The average molecular weight is 164 g/mol. The van der Waals surface area contributed by atoms with E-state index in [0.29, 0.717) is 11.0 Å². The minimum absolute atomic E-state index is 0.212. The highest BCUT2D eigenvalue weighted by Crippen LogP contribution is 2.21. The Balaban J connectivity index is 2.74. The highest BCUT2D eigenvalue weighted by atomic mass is 19.1. The van der Waals surface area contributed by atoms with Crippen LogP contribution in [0.5, 0.6) is 0 Å². The van der Waals surface area contributed by atoms with Gasteiger partial charge in [0.15, 0.2) is 0 Å². The van der Waals surface area contributed by atoms with E-state index < -0.39 is 0 Å². The lowest BCUT2D eigenvalue weighted by atomic mass is 10.2. The van der Waals surface area contributed by atoms with Crippen molar-refractivity contribution in [3.05, 3.63) is 35.8 Å². The van der Waals surface area contributed by atoms with Crippen molar-refractivity contribution in [2.24, 2.45) is 0 Å². The van der Waals surface area contributed by atoms with Gasteiger partial charge in [-0.15, -0.1) is 0 Å². The van der Waals surface area contributed by atoms with Crippen molar-refractivity contribution in [1.29, 1.82) is 0 Å². The summed E-state index contributed by atoms with van der Waals surface area (Å²) in [7, 11) is 0. The first kappa shape index (κ1) is 7.35. The molecule has 0 atom stereocenters. The zero-order valence-corrected chi connectivity index (χ0v) is 6.80. The minimum atomic E-state index is -0.212. The van der Waals surface area contributed by atoms with Crippen LogP contribution in [0.4, 0.5) is 4.39 Å². The van der Waals surface area contributed by atoms with E-state index in [1.54, 1.807) is 18.2 Å². The first-order valence-corrected chi connectivity index (χ1v) is 3.98. The smallest absolute Gasteiger partial charge is 0.137 e. The number of aryl methyl sites for hydroxylation is 1. The molecule has 0 amide bonds. The number of fused-ring (bicyclic) bond motifs is 1. The fraction of sp³-hybridized carbons (Fsp3) is 0.200. The molecule has 12 heavy (non-hydrogen) atoms. The molecule has 0 aliphatic heterocycles. The van der Waals surface area contributed by atoms with Gasteiger partial charge in [0.05, 0.1) is 5.39 Å². The summed E-state index contributed by atoms with van der Waals surface area (Å²) in [6.45, 7) is 1.98. The molecule has 0 aliphatic rings. The van der Waals surface area contributed by atoms with Gasteiger partial charge in [-0.3, -0.25) is 0 Å². The summed E-state index contributed by atoms with van der Waals surface area (Å²) in [5.74, 6) is 0.617. The second-order valence-electron chi connectivity index (χ2n) is 2.72. The SMILES string of the molecule is CCc1cc2c(F)cccc2o1. The van der Waals surface area contributed by atoms with Crippen LogP contribution in [0.3, 0.4) is 0 Å². The highest BCUT2D eigenvalue weighted by molar-refractivity contribution is 5.78. The molecular weight excluding hydrogens is 155 g/mol. The summed E-state index contributed by atoms with van der Waals surface area (Å²) < 4.78 is 18.4. The molecule has 0 aliphatic carbocycles. The Kier molecular flexibility index (Phi) is 1.61. The molecule has 0 spiro atoms. The lowest BCUT2D eigenvalue weighted by Crippen LogP contribution is -1.71. The van der Waals surface area contributed by atoms with Crippen LogP contribution in [0.25, 0.3) is 11.0 Å². The third kappa shape index (κ3) is 0.998. The Morgan fingerprint density at radius 1 is 1.42 bits per heavy atom. The van der Waals surface area contributed by atoms with Gasteiger partial charge in [-0.25, -0.2) is 4.39 Å². The van der Waals surface area contributed by atoms with Crippen LogP contribution >= 0.6 is 0 Å². The summed E-state index contributed by atoms with van der Waals surface area (Å²) in [5, 5.41) is 0.578. The molecule has 0 radical (unpaired) electrons. The molecular formula is C10H9FO. The van der Waals surface area contributed by atoms with E-state index in [2.05, 4.69) is 0 Å². The van der Waals surface area contributed by atoms with Crippen LogP contribution in [0.2, 0.25) is 0 Å². The average Bonchev–Trinajstić information content (AvgIpc) is 2.49. The fourth-order valence-corrected chi connectivity index (χ4v) is 1.25. The number of benzene rings is 1. The molecule has 2 rings (SSSR count). The Bertz CT molecular complexity index is 403. The summed E-state index contributed by atoms with van der Waals surface area (Å²) in [6, 6.07) is 6.63. The maximum atomic E-state index is 13.1. The van der Waals surface area contributed by atoms with E-state index in [1.807, 2.05) is 6.92 Å². The van der Waals surface area contributed by atoms with Gasteiger partial charge in [-0.2, -0.15) is 0 Å². The van der Waals surface area contributed by atoms with Crippen molar-refractivity contribution in [3.8, 4) is 0 Å². The zero-order chi connectivity index (χ0) is 8.55. The van der Waals surface area contributed by atoms with Crippen molar-refractivity contribution < 1.29 is 8.81 Å². The standard InChI is InChI=1S/C10H9FO/c1-2-7-6-8-9(11)4-3-5-10(8)12-7/h3-6H,2H2,1H3. The molecule has 1 aromatic heterocycles. The van der Waals surface area contributed by atoms with Gasteiger partial charge in [0.25, 0.3) is 0 Å². The van der Waals surface area contributed by atoms with E-state index in [9.17, 15) is 4.39 Å². The van der Waals surface area contributed by atoms with E-state index in [1.165, 1.54) is 6.07 Å². The monoisotopic (exact) mass is 164 g/mol. The van der Waals surface area contributed by atoms with Gasteiger partial charge in [0.2, 0.25) is 0 Å². The van der Waals surface area contributed by atoms with Crippen LogP contribution in [0.15, 0.2) is 28.7 Å². The summed E-state index contributed by atoms with van der Waals surface area (Å²) in [4.78, 5) is 0. The first-order chi connectivity index (χ1) is 5.81. The van der Waals surface area contributed by atoms with Gasteiger partial charge in [0, 0.05) is 6.42 Å². The molecule has 0 bridgehead atoms. The number of hydrogen-bond donors (Lipinski definition) is 0. The molecule has 2 heteroatoms. The maximum absolute atomic E-state index is 13.1. The van der Waals surface area contributed by atoms with E-state index in [-0.39, 0.29) is 5.82 Å². The van der Waals surface area contributed by atoms with Crippen LogP contribution < -0.4 is 0 Å². The van der Waals surface area contributed by atoms with Crippen molar-refractivity contribution in [3.63, 3.8) is 0 Å². The third-order valence-electron chi connectivity index (χ3n) is 1.91. The Morgan fingerprint density at radius 3 is 2.92 bits per heavy atom. The van der Waals surface area contributed by atoms with E-state index in [0.717, 1.165) is 12.2 Å². The van der Waals surface area contributed by atoms with Crippen LogP contribution in [-0.2, 0) is 6.42 Å². The molecule has 2 aromatic rings. The lowest BCUT2D eigenvalue weighted by Gasteiger charge is -1.87. The third-order valence-corrected chi connectivity index (χ3v) is 1.91. The van der Waals surface area contributed by atoms with Crippen molar-refractivity contribution in [2.45, 2.75) is 13.3 Å². The van der Waals surface area contributed by atoms with Crippen LogP contribution in [-0.4, -0.2) is 0 Å². The number of halogens is 1. The van der Waals surface area contributed by atoms with Gasteiger partial charge in [-0.05, 0) is 18.2 Å². The largest absolute Gasteiger partial charge is 0.461 e. The lowest BCUT2D eigenvalue weighted by molar-refractivity contribution is 0.556. The normalized spacial score (nSPS) is 10.8. The Hall–Kier alpha value is -1.31. The molecule has 0 saturated carbocycles. The molecule has 0 fully saturated rings. The molecule has 1 heterocycles. The second-order valence-corrected chi connectivity index (χ2v) is 2.72. The molecule has 0 saturated heterocycles. The minimum Gasteiger partial charge on any atom is -0.461 e. The summed E-state index contributed by atoms with van der Waals surface area (Å²) in [6.07, 6.45) is 0.800. The van der Waals surface area contributed by atoms with Crippen molar-refractivity contribution >= 4 is 11.0 Å². The second kappa shape index (κ2) is 2.63. The number of rotatable bonds is 1. The topological polar surface area (TPSA) is 13.1 Å². The van der Waals surface area contributed by atoms with Gasteiger partial charge in [-0.1, -0.05) is 13.0 Å². The summed E-state index contributed by atoms with van der Waals surface area (Å²) >= 11 is 0. The predicted octanol–water partition coefficient (Wildman–Crippen LogP) is 3.13. The molecule has 1 nitrogen and oxygen atoms in total. The first-order valence-electron chi connectivity index (χ1n) is 3.98. The zero-order valence-electron chi connectivity index (χ0n) is 6.80. The number of furan rings is 1. The number of hydrogen-bond acceptors (Lipinski definition) is 1. The maximum Gasteiger partial charge on any atom is 0.137 e. The van der Waals surface area contributed by atoms with E-state index in [4.69, 9.17) is 4.42 Å². The van der Waals surface area contributed by atoms with Crippen molar-refractivity contribution in [2.75, 3.05) is 0 Å².